The van der Waals surface area contributed by atoms with Gasteiger partial charge >= 0.3 is 0 Å². The van der Waals surface area contributed by atoms with Crippen LogP contribution in [0.25, 0.3) is 11.3 Å². The van der Waals surface area contributed by atoms with Crippen molar-refractivity contribution in [2.75, 3.05) is 5.73 Å². The van der Waals surface area contributed by atoms with Crippen LogP contribution in [0.1, 0.15) is 5.56 Å². The first-order valence-electron chi connectivity index (χ1n) is 4.25. The molecule has 0 radical (unpaired) electrons. The molecule has 5 heteroatoms. The number of benzene rings is 1. The zero-order valence-electron chi connectivity index (χ0n) is 7.75. The van der Waals surface area contributed by atoms with Crippen molar-refractivity contribution in [2.24, 2.45) is 0 Å². The van der Waals surface area contributed by atoms with Gasteiger partial charge in [-0.15, -0.1) is 5.10 Å². The van der Waals surface area contributed by atoms with E-state index in [-0.39, 0.29) is 5.95 Å². The molecule has 0 saturated heterocycles. The summed E-state index contributed by atoms with van der Waals surface area (Å²) in [6.45, 7) is 0. The second-order valence-corrected chi connectivity index (χ2v) is 2.89. The van der Waals surface area contributed by atoms with E-state index in [2.05, 4.69) is 15.2 Å². The maximum atomic E-state index is 8.64. The van der Waals surface area contributed by atoms with E-state index in [4.69, 9.17) is 11.0 Å². The molecule has 0 amide bonds. The molecule has 5 nitrogen and oxygen atoms in total. The number of nitrogen functional groups attached to an aromatic ring is 1. The highest BCUT2D eigenvalue weighted by Crippen LogP contribution is 2.16. The number of rotatable bonds is 1. The normalized spacial score (nSPS) is 9.53. The summed E-state index contributed by atoms with van der Waals surface area (Å²) in [5, 5.41) is 15.9. The fourth-order valence-electron chi connectivity index (χ4n) is 1.17. The van der Waals surface area contributed by atoms with Crippen LogP contribution in [-0.2, 0) is 0 Å². The number of aromatic nitrogens is 3. The third kappa shape index (κ3) is 1.89. The highest BCUT2D eigenvalue weighted by Gasteiger charge is 2.00. The predicted octanol–water partition coefficient (Wildman–Crippen LogP) is 0.992. The number of nitriles is 1. The fourth-order valence-corrected chi connectivity index (χ4v) is 1.17. The van der Waals surface area contributed by atoms with E-state index in [0.29, 0.717) is 11.3 Å². The Hall–Kier alpha value is -2.48. The third-order valence-corrected chi connectivity index (χ3v) is 1.88. The van der Waals surface area contributed by atoms with Crippen molar-refractivity contribution >= 4 is 5.95 Å². The van der Waals surface area contributed by atoms with Crippen LogP contribution < -0.4 is 5.73 Å². The molecule has 0 aliphatic heterocycles. The van der Waals surface area contributed by atoms with Gasteiger partial charge < -0.3 is 5.73 Å². The van der Waals surface area contributed by atoms with Crippen molar-refractivity contribution in [3.63, 3.8) is 0 Å². The Labute approximate surface area is 86.2 Å². The van der Waals surface area contributed by atoms with Gasteiger partial charge in [-0.25, -0.2) is 4.98 Å². The van der Waals surface area contributed by atoms with Crippen molar-refractivity contribution in [3.05, 3.63) is 36.0 Å². The number of anilines is 1. The summed E-state index contributed by atoms with van der Waals surface area (Å²) in [5.41, 5.74) is 7.52. The van der Waals surface area contributed by atoms with Gasteiger partial charge in [0.2, 0.25) is 5.95 Å². The van der Waals surface area contributed by atoms with E-state index in [1.165, 1.54) is 6.20 Å². The molecule has 2 aromatic rings. The van der Waals surface area contributed by atoms with Crippen LogP contribution in [-0.4, -0.2) is 15.2 Å². The first-order chi connectivity index (χ1) is 7.29. The lowest BCUT2D eigenvalue weighted by Crippen LogP contribution is -1.97. The monoisotopic (exact) mass is 197 g/mol. The van der Waals surface area contributed by atoms with E-state index in [1.807, 2.05) is 6.07 Å². The van der Waals surface area contributed by atoms with Crippen LogP contribution >= 0.6 is 0 Å². The lowest BCUT2D eigenvalue weighted by Gasteiger charge is -1.99. The Bertz CT molecular complexity index is 512. The van der Waals surface area contributed by atoms with E-state index < -0.39 is 0 Å². The Balaban J connectivity index is 2.42. The molecule has 1 aromatic carbocycles. The lowest BCUT2D eigenvalue weighted by atomic mass is 10.1. The van der Waals surface area contributed by atoms with E-state index >= 15 is 0 Å². The number of hydrogen-bond donors (Lipinski definition) is 1. The van der Waals surface area contributed by atoms with Gasteiger partial charge in [0.05, 0.1) is 23.5 Å². The third-order valence-electron chi connectivity index (χ3n) is 1.88. The molecule has 72 valence electrons. The molecule has 1 heterocycles. The minimum absolute atomic E-state index is 0.136. The molecular weight excluding hydrogens is 190 g/mol. The van der Waals surface area contributed by atoms with Crippen molar-refractivity contribution < 1.29 is 0 Å². The molecule has 0 aliphatic carbocycles. The largest absolute Gasteiger partial charge is 0.366 e. The van der Waals surface area contributed by atoms with E-state index in [0.717, 1.165) is 5.56 Å². The Morgan fingerprint density at radius 3 is 2.53 bits per heavy atom. The van der Waals surface area contributed by atoms with Gasteiger partial charge in [0, 0.05) is 5.56 Å². The molecular formula is C10H7N5. The summed E-state index contributed by atoms with van der Waals surface area (Å²) in [5.74, 6) is 0.136. The van der Waals surface area contributed by atoms with E-state index in [1.54, 1.807) is 24.3 Å². The molecule has 0 saturated carbocycles. The average Bonchev–Trinajstić information content (AvgIpc) is 2.29. The average molecular weight is 197 g/mol. The minimum Gasteiger partial charge on any atom is -0.366 e. The zero-order chi connectivity index (χ0) is 10.7. The molecule has 15 heavy (non-hydrogen) atoms. The van der Waals surface area contributed by atoms with Crippen molar-refractivity contribution in [1.29, 1.82) is 5.26 Å². The summed E-state index contributed by atoms with van der Waals surface area (Å²) >= 11 is 0. The van der Waals surface area contributed by atoms with Gasteiger partial charge in [0.25, 0.3) is 0 Å². The van der Waals surface area contributed by atoms with Crippen molar-refractivity contribution in [3.8, 4) is 17.3 Å². The Morgan fingerprint density at radius 1 is 1.20 bits per heavy atom. The van der Waals surface area contributed by atoms with Crippen LogP contribution in [0.15, 0.2) is 30.5 Å². The van der Waals surface area contributed by atoms with Gasteiger partial charge in [-0.05, 0) is 12.1 Å². The van der Waals surface area contributed by atoms with Crippen LogP contribution in [0.2, 0.25) is 0 Å². The van der Waals surface area contributed by atoms with Gasteiger partial charge in [-0.1, -0.05) is 12.1 Å². The van der Waals surface area contributed by atoms with Gasteiger partial charge in [-0.2, -0.15) is 10.4 Å². The lowest BCUT2D eigenvalue weighted by molar-refractivity contribution is 0.990. The first kappa shape index (κ1) is 9.09. The zero-order valence-corrected chi connectivity index (χ0v) is 7.75. The first-order valence-corrected chi connectivity index (χ1v) is 4.25. The second-order valence-electron chi connectivity index (χ2n) is 2.89. The number of nitrogens with zero attached hydrogens (tertiary/aromatic N) is 4. The SMILES string of the molecule is N#Cc1ccc(-c2cnnc(N)n2)cc1. The highest BCUT2D eigenvalue weighted by molar-refractivity contribution is 5.59. The molecule has 0 atom stereocenters. The van der Waals surface area contributed by atoms with Crippen molar-refractivity contribution in [1.82, 2.24) is 15.2 Å². The molecule has 0 fully saturated rings. The van der Waals surface area contributed by atoms with Crippen LogP contribution in [0, 0.1) is 11.3 Å². The van der Waals surface area contributed by atoms with Gasteiger partial charge in [0.1, 0.15) is 0 Å². The maximum Gasteiger partial charge on any atom is 0.240 e. The minimum atomic E-state index is 0.136. The fraction of sp³-hybridized carbons (Fsp3) is 0. The Morgan fingerprint density at radius 2 is 1.93 bits per heavy atom. The molecule has 0 aliphatic rings. The molecule has 2 rings (SSSR count). The highest BCUT2D eigenvalue weighted by atomic mass is 15.2. The molecule has 1 aromatic heterocycles. The Kier molecular flexibility index (Phi) is 2.25. The summed E-state index contributed by atoms with van der Waals surface area (Å²) in [4.78, 5) is 4.02. The second kappa shape index (κ2) is 3.72. The van der Waals surface area contributed by atoms with Crippen LogP contribution in [0.5, 0.6) is 0 Å². The summed E-state index contributed by atoms with van der Waals surface area (Å²) < 4.78 is 0. The maximum absolute atomic E-state index is 8.64. The van der Waals surface area contributed by atoms with Crippen LogP contribution in [0.3, 0.4) is 0 Å². The molecule has 0 unspecified atom stereocenters. The molecule has 0 spiro atoms. The molecule has 2 N–H and O–H groups in total. The quantitative estimate of drug-likeness (QED) is 0.736. The topological polar surface area (TPSA) is 88.5 Å². The predicted molar refractivity (Wildman–Crippen MR) is 54.4 cm³/mol. The summed E-state index contributed by atoms with van der Waals surface area (Å²) in [6.07, 6.45) is 1.53. The smallest absolute Gasteiger partial charge is 0.240 e. The summed E-state index contributed by atoms with van der Waals surface area (Å²) in [7, 11) is 0. The number of hydrogen-bond acceptors (Lipinski definition) is 5. The molecule has 0 bridgehead atoms. The van der Waals surface area contributed by atoms with Gasteiger partial charge in [-0.3, -0.25) is 0 Å². The van der Waals surface area contributed by atoms with Gasteiger partial charge in [0.15, 0.2) is 0 Å². The van der Waals surface area contributed by atoms with Crippen molar-refractivity contribution in [2.45, 2.75) is 0 Å². The summed E-state index contributed by atoms with van der Waals surface area (Å²) in [6, 6.07) is 9.06. The van der Waals surface area contributed by atoms with E-state index in [9.17, 15) is 0 Å². The standard InChI is InChI=1S/C10H7N5/c11-5-7-1-3-8(4-2-7)9-6-13-15-10(12)14-9/h1-4,6H,(H2,12,14,15). The number of nitrogens with two attached hydrogens (primary N) is 1. The van der Waals surface area contributed by atoms with Crippen LogP contribution in [0.4, 0.5) is 5.95 Å².